The van der Waals surface area contributed by atoms with Crippen molar-refractivity contribution < 1.29 is 9.84 Å². The summed E-state index contributed by atoms with van der Waals surface area (Å²) in [7, 11) is 3.69. The van der Waals surface area contributed by atoms with Crippen molar-refractivity contribution in [1.82, 2.24) is 10.2 Å². The average Bonchev–Trinajstić information content (AvgIpc) is 2.78. The molecule has 4 heteroatoms. The van der Waals surface area contributed by atoms with Crippen molar-refractivity contribution in [3.05, 3.63) is 0 Å². The number of hydrogen-bond acceptors (Lipinski definition) is 4. The maximum absolute atomic E-state index is 9.41. The molecule has 0 bridgehead atoms. The van der Waals surface area contributed by atoms with Crippen LogP contribution in [0.5, 0.6) is 0 Å². The van der Waals surface area contributed by atoms with E-state index in [0.717, 1.165) is 26.1 Å². The van der Waals surface area contributed by atoms with Gasteiger partial charge in [0.25, 0.3) is 0 Å². The molecule has 2 N–H and O–H groups in total. The molecule has 0 saturated carbocycles. The summed E-state index contributed by atoms with van der Waals surface area (Å²) < 4.78 is 5.22. The lowest BCUT2D eigenvalue weighted by Crippen LogP contribution is -2.48. The van der Waals surface area contributed by atoms with Crippen LogP contribution in [0.1, 0.15) is 26.7 Å². The van der Waals surface area contributed by atoms with Crippen LogP contribution in [0.25, 0.3) is 0 Å². The van der Waals surface area contributed by atoms with Gasteiger partial charge < -0.3 is 20.1 Å². The van der Waals surface area contributed by atoms with Crippen molar-refractivity contribution in [2.24, 2.45) is 5.92 Å². The van der Waals surface area contributed by atoms with Gasteiger partial charge in [-0.2, -0.15) is 0 Å². The van der Waals surface area contributed by atoms with Gasteiger partial charge in [0, 0.05) is 25.2 Å². The maximum Gasteiger partial charge on any atom is 0.0611 e. The zero-order valence-corrected chi connectivity index (χ0v) is 11.7. The molecule has 1 fully saturated rings. The Balaban J connectivity index is 2.41. The first kappa shape index (κ1) is 14.9. The predicted octanol–water partition coefficient (Wildman–Crippen LogP) is 0.704. The average molecular weight is 244 g/mol. The van der Waals surface area contributed by atoms with Crippen molar-refractivity contribution in [3.63, 3.8) is 0 Å². The van der Waals surface area contributed by atoms with E-state index in [9.17, 15) is 5.11 Å². The Bertz CT molecular complexity index is 219. The van der Waals surface area contributed by atoms with E-state index in [1.54, 1.807) is 7.11 Å². The number of likely N-dealkylation sites (N-methyl/N-ethyl adjacent to an activating group) is 1. The summed E-state index contributed by atoms with van der Waals surface area (Å²) in [5.41, 5.74) is -0.168. The van der Waals surface area contributed by atoms with Gasteiger partial charge in [0.1, 0.15) is 0 Å². The summed E-state index contributed by atoms with van der Waals surface area (Å²) >= 11 is 0. The highest BCUT2D eigenvalue weighted by Gasteiger charge is 2.30. The molecule has 0 aromatic carbocycles. The summed E-state index contributed by atoms with van der Waals surface area (Å²) in [4.78, 5) is 2.51. The number of nitrogens with one attached hydrogen (secondary N) is 1. The predicted molar refractivity (Wildman–Crippen MR) is 70.2 cm³/mol. The summed E-state index contributed by atoms with van der Waals surface area (Å²) in [6.07, 6.45) is 2.20. The van der Waals surface area contributed by atoms with Crippen LogP contribution in [0.2, 0.25) is 0 Å². The minimum atomic E-state index is -0.168. The molecule has 3 atom stereocenters. The van der Waals surface area contributed by atoms with Crippen molar-refractivity contribution in [3.8, 4) is 0 Å². The molecule has 1 heterocycles. The number of nitrogens with zero attached hydrogens (tertiary/aromatic N) is 1. The summed E-state index contributed by atoms with van der Waals surface area (Å²) in [6.45, 7) is 7.66. The fourth-order valence-corrected chi connectivity index (χ4v) is 2.66. The van der Waals surface area contributed by atoms with E-state index in [2.05, 4.69) is 24.1 Å². The molecular formula is C13H28N2O2. The van der Waals surface area contributed by atoms with Crippen molar-refractivity contribution in [2.75, 3.05) is 40.5 Å². The van der Waals surface area contributed by atoms with Crippen molar-refractivity contribution in [2.45, 2.75) is 38.3 Å². The highest BCUT2D eigenvalue weighted by atomic mass is 16.5. The third-order valence-electron chi connectivity index (χ3n) is 4.04. The molecule has 1 rings (SSSR count). The molecule has 102 valence electrons. The lowest BCUT2D eigenvalue weighted by Gasteiger charge is -2.34. The highest BCUT2D eigenvalue weighted by molar-refractivity contribution is 4.88. The highest BCUT2D eigenvalue weighted by Crippen LogP contribution is 2.23. The molecule has 0 radical (unpaired) electrons. The second-order valence-electron chi connectivity index (χ2n) is 5.63. The molecule has 0 aromatic rings. The largest absolute Gasteiger partial charge is 0.394 e. The van der Waals surface area contributed by atoms with E-state index in [1.807, 2.05) is 7.05 Å². The number of ether oxygens (including phenoxy) is 1. The lowest BCUT2D eigenvalue weighted by atomic mass is 9.94. The first-order valence-corrected chi connectivity index (χ1v) is 6.57. The fraction of sp³-hybridized carbons (Fsp3) is 1.00. The molecule has 1 saturated heterocycles. The number of likely N-dealkylation sites (tertiary alicyclic amines) is 1. The molecule has 0 aromatic heterocycles. The van der Waals surface area contributed by atoms with Gasteiger partial charge in [-0.15, -0.1) is 0 Å². The first-order chi connectivity index (χ1) is 8.04. The summed E-state index contributed by atoms with van der Waals surface area (Å²) in [5.74, 6) is 0.678. The van der Waals surface area contributed by atoms with Crippen LogP contribution in [0.15, 0.2) is 0 Å². The van der Waals surface area contributed by atoms with Crippen LogP contribution < -0.4 is 5.32 Å². The van der Waals surface area contributed by atoms with E-state index < -0.39 is 0 Å². The number of methoxy groups -OCH3 is 1. The Hall–Kier alpha value is -0.160. The molecule has 4 nitrogen and oxygen atoms in total. The van der Waals surface area contributed by atoms with Gasteiger partial charge in [-0.1, -0.05) is 0 Å². The normalized spacial score (nSPS) is 27.0. The number of hydrogen-bond donors (Lipinski definition) is 2. The number of aliphatic hydroxyl groups excluding tert-OH is 1. The number of aliphatic hydroxyl groups is 1. The smallest absolute Gasteiger partial charge is 0.0611 e. The Morgan fingerprint density at radius 3 is 2.82 bits per heavy atom. The fourth-order valence-electron chi connectivity index (χ4n) is 2.66. The van der Waals surface area contributed by atoms with Gasteiger partial charge in [0.05, 0.1) is 13.2 Å². The van der Waals surface area contributed by atoms with Crippen LogP contribution >= 0.6 is 0 Å². The quantitative estimate of drug-likeness (QED) is 0.692. The molecular weight excluding hydrogens is 216 g/mol. The van der Waals surface area contributed by atoms with Gasteiger partial charge in [0.15, 0.2) is 0 Å². The van der Waals surface area contributed by atoms with Gasteiger partial charge in [-0.05, 0) is 46.2 Å². The Labute approximate surface area is 105 Å². The Kier molecular flexibility index (Phi) is 5.86. The Morgan fingerprint density at radius 2 is 2.29 bits per heavy atom. The lowest BCUT2D eigenvalue weighted by molar-refractivity contribution is 0.120. The summed E-state index contributed by atoms with van der Waals surface area (Å²) in [5, 5.41) is 12.6. The standard InChI is InChI=1S/C13H28N2O2/c1-11(7-13(2,10-16)14-3)15-6-5-12(8-15)9-17-4/h11-12,14,16H,5-10H2,1-4H3. The second-order valence-corrected chi connectivity index (χ2v) is 5.63. The van der Waals surface area contributed by atoms with Crippen molar-refractivity contribution in [1.29, 1.82) is 0 Å². The third-order valence-corrected chi connectivity index (χ3v) is 4.04. The van der Waals surface area contributed by atoms with E-state index in [1.165, 1.54) is 6.42 Å². The molecule has 0 amide bonds. The van der Waals surface area contributed by atoms with Gasteiger partial charge in [-0.3, -0.25) is 0 Å². The summed E-state index contributed by atoms with van der Waals surface area (Å²) in [6, 6.07) is 0.501. The molecule has 0 aliphatic carbocycles. The van der Waals surface area contributed by atoms with E-state index in [0.29, 0.717) is 12.0 Å². The van der Waals surface area contributed by atoms with Crippen LogP contribution in [0.4, 0.5) is 0 Å². The van der Waals surface area contributed by atoms with Crippen LogP contribution in [0, 0.1) is 5.92 Å². The van der Waals surface area contributed by atoms with Crippen LogP contribution in [0.3, 0.4) is 0 Å². The third kappa shape index (κ3) is 4.21. The van der Waals surface area contributed by atoms with Crippen LogP contribution in [-0.2, 0) is 4.74 Å². The van der Waals surface area contributed by atoms with E-state index in [-0.39, 0.29) is 12.1 Å². The van der Waals surface area contributed by atoms with Crippen molar-refractivity contribution >= 4 is 0 Å². The second kappa shape index (κ2) is 6.69. The van der Waals surface area contributed by atoms with Gasteiger partial charge in [0.2, 0.25) is 0 Å². The van der Waals surface area contributed by atoms with Gasteiger partial charge >= 0.3 is 0 Å². The molecule has 1 aliphatic rings. The topological polar surface area (TPSA) is 44.7 Å². The van der Waals surface area contributed by atoms with Crippen LogP contribution in [-0.4, -0.2) is 62.0 Å². The minimum absolute atomic E-state index is 0.168. The van der Waals surface area contributed by atoms with E-state index in [4.69, 9.17) is 4.74 Å². The molecule has 17 heavy (non-hydrogen) atoms. The molecule has 0 spiro atoms. The number of rotatable bonds is 7. The molecule has 1 aliphatic heterocycles. The van der Waals surface area contributed by atoms with E-state index >= 15 is 0 Å². The zero-order chi connectivity index (χ0) is 12.9. The Morgan fingerprint density at radius 1 is 1.59 bits per heavy atom. The van der Waals surface area contributed by atoms with Gasteiger partial charge in [-0.25, -0.2) is 0 Å². The monoisotopic (exact) mass is 244 g/mol. The maximum atomic E-state index is 9.41. The minimum Gasteiger partial charge on any atom is -0.394 e. The molecule has 3 unspecified atom stereocenters. The zero-order valence-electron chi connectivity index (χ0n) is 11.7. The SMILES string of the molecule is CNC(C)(CO)CC(C)N1CCC(COC)C1. The first-order valence-electron chi connectivity index (χ1n) is 6.57.